The Kier molecular flexibility index (Phi) is 3.97. The highest BCUT2D eigenvalue weighted by atomic mass is 35.5. The monoisotopic (exact) mass is 378 g/mol. The van der Waals surface area contributed by atoms with Crippen LogP contribution in [0.25, 0.3) is 0 Å². The van der Waals surface area contributed by atoms with E-state index >= 15 is 0 Å². The van der Waals surface area contributed by atoms with Gasteiger partial charge in [-0.3, -0.25) is 4.79 Å². The summed E-state index contributed by atoms with van der Waals surface area (Å²) in [5.74, 6) is 0.779. The zero-order valence-electron chi connectivity index (χ0n) is 14.7. The van der Waals surface area contributed by atoms with E-state index in [1.807, 2.05) is 6.07 Å². The van der Waals surface area contributed by atoms with Crippen molar-refractivity contribution in [2.75, 3.05) is 0 Å². The van der Waals surface area contributed by atoms with Crippen LogP contribution in [0.15, 0.2) is 23.3 Å². The second-order valence-corrected chi connectivity index (χ2v) is 10.1. The molecule has 1 amide bonds. The number of carbonyl (C=O) groups excluding carboxylic acids is 1. The molecule has 0 saturated heterocycles. The van der Waals surface area contributed by atoms with Crippen molar-refractivity contribution in [1.29, 1.82) is 0 Å². The Hall–Kier alpha value is -1.06. The Labute approximate surface area is 159 Å². The lowest BCUT2D eigenvalue weighted by atomic mass is 9.40. The van der Waals surface area contributed by atoms with Gasteiger partial charge in [-0.05, 0) is 73.0 Å². The van der Waals surface area contributed by atoms with Gasteiger partial charge in [0.15, 0.2) is 0 Å². The largest absolute Gasteiger partial charge is 0.273 e. The summed E-state index contributed by atoms with van der Waals surface area (Å²) in [4.78, 5) is 13.0. The van der Waals surface area contributed by atoms with Crippen molar-refractivity contribution >= 4 is 35.3 Å². The van der Waals surface area contributed by atoms with Crippen molar-refractivity contribution in [3.05, 3.63) is 33.8 Å². The van der Waals surface area contributed by atoms with E-state index in [9.17, 15) is 4.79 Å². The van der Waals surface area contributed by atoms with Gasteiger partial charge in [0.05, 0.1) is 21.7 Å². The van der Waals surface area contributed by atoms with Gasteiger partial charge < -0.3 is 0 Å². The van der Waals surface area contributed by atoms with E-state index in [-0.39, 0.29) is 11.3 Å². The molecule has 5 rings (SSSR count). The Morgan fingerprint density at radius 1 is 1.12 bits per heavy atom. The molecule has 0 aliphatic heterocycles. The smallest absolute Gasteiger partial charge is 0.246 e. The van der Waals surface area contributed by atoms with Crippen molar-refractivity contribution < 1.29 is 4.79 Å². The predicted octanol–water partition coefficient (Wildman–Crippen LogP) is 5.44. The molecule has 4 fully saturated rings. The summed E-state index contributed by atoms with van der Waals surface area (Å²) in [5, 5.41) is 5.19. The average Bonchev–Trinajstić information content (AvgIpc) is 2.47. The lowest BCUT2D eigenvalue weighted by Gasteiger charge is -2.64. The van der Waals surface area contributed by atoms with Gasteiger partial charge in [-0.15, -0.1) is 0 Å². The number of nitrogens with zero attached hydrogens (tertiary/aromatic N) is 1. The van der Waals surface area contributed by atoms with E-state index in [1.165, 1.54) is 19.3 Å². The summed E-state index contributed by atoms with van der Waals surface area (Å²) >= 11 is 11.9. The summed E-state index contributed by atoms with van der Waals surface area (Å²) in [6.45, 7) is 4.74. The number of hydrazone groups is 1. The maximum atomic E-state index is 13.0. The third-order valence-electron chi connectivity index (χ3n) is 6.43. The van der Waals surface area contributed by atoms with Gasteiger partial charge in [-0.1, -0.05) is 43.1 Å². The van der Waals surface area contributed by atoms with Crippen molar-refractivity contribution in [1.82, 2.24) is 5.43 Å². The molecule has 4 saturated carbocycles. The molecule has 1 aromatic carbocycles. The van der Waals surface area contributed by atoms with Crippen molar-refractivity contribution in [3.63, 3.8) is 0 Å². The average molecular weight is 379 g/mol. The molecule has 2 atom stereocenters. The van der Waals surface area contributed by atoms with Gasteiger partial charge in [0.25, 0.3) is 0 Å². The standard InChI is InChI=1S/C20H24Cl2N2O/c1-18-6-14-7-19(2,10-18)12-20(8-14,11-18)17(25)24-23-9-13-3-4-15(21)16(22)5-13/h3-5,9,14H,6-8,10-12H2,1-2H3,(H,24,25)/b23-9+. The summed E-state index contributed by atoms with van der Waals surface area (Å²) in [5.41, 5.74) is 4.03. The molecule has 3 nitrogen and oxygen atoms in total. The fraction of sp³-hybridized carbons (Fsp3) is 0.600. The molecular formula is C20H24Cl2N2O. The van der Waals surface area contributed by atoms with Gasteiger partial charge in [0.1, 0.15) is 0 Å². The number of hydrogen-bond donors (Lipinski definition) is 1. The van der Waals surface area contributed by atoms with E-state index in [2.05, 4.69) is 24.4 Å². The molecule has 1 N–H and O–H groups in total. The molecule has 0 radical (unpaired) electrons. The molecule has 4 aliphatic rings. The summed E-state index contributed by atoms with van der Waals surface area (Å²) < 4.78 is 0. The van der Waals surface area contributed by atoms with Crippen molar-refractivity contribution in [3.8, 4) is 0 Å². The van der Waals surface area contributed by atoms with E-state index in [1.54, 1.807) is 18.3 Å². The van der Waals surface area contributed by atoms with Crippen LogP contribution in [0.3, 0.4) is 0 Å². The number of halogens is 2. The van der Waals surface area contributed by atoms with Crippen LogP contribution in [0.2, 0.25) is 10.0 Å². The number of carbonyl (C=O) groups is 1. The van der Waals surface area contributed by atoms with Crippen LogP contribution in [0, 0.1) is 22.2 Å². The quantitative estimate of drug-likeness (QED) is 0.551. The molecule has 0 aromatic heterocycles. The third-order valence-corrected chi connectivity index (χ3v) is 7.17. The minimum Gasteiger partial charge on any atom is -0.273 e. The lowest BCUT2D eigenvalue weighted by molar-refractivity contribution is -0.170. The first kappa shape index (κ1) is 17.4. The normalized spacial score (nSPS) is 39.1. The molecule has 2 unspecified atom stereocenters. The molecule has 5 heteroatoms. The predicted molar refractivity (Wildman–Crippen MR) is 102 cm³/mol. The van der Waals surface area contributed by atoms with E-state index in [0.717, 1.165) is 24.8 Å². The number of amides is 1. The van der Waals surface area contributed by atoms with Crippen LogP contribution in [-0.4, -0.2) is 12.1 Å². The van der Waals surface area contributed by atoms with Crippen LogP contribution >= 0.6 is 23.2 Å². The number of rotatable bonds is 3. The first-order valence-electron chi connectivity index (χ1n) is 9.00. The summed E-state index contributed by atoms with van der Waals surface area (Å²) in [7, 11) is 0. The molecule has 25 heavy (non-hydrogen) atoms. The summed E-state index contributed by atoms with van der Waals surface area (Å²) in [6.07, 6.45) is 8.48. The van der Waals surface area contributed by atoms with Crippen LogP contribution < -0.4 is 5.43 Å². The Balaban J connectivity index is 1.49. The molecule has 134 valence electrons. The van der Waals surface area contributed by atoms with E-state index < -0.39 is 0 Å². The fourth-order valence-electron chi connectivity index (χ4n) is 6.58. The van der Waals surface area contributed by atoms with Crippen LogP contribution in [0.1, 0.15) is 57.9 Å². The SMILES string of the molecule is CC12CC3CC(C)(C1)CC(C(=O)N/N=C/c1ccc(Cl)c(Cl)c1)(C3)C2. The second-order valence-electron chi connectivity index (χ2n) is 9.28. The van der Waals surface area contributed by atoms with Crippen molar-refractivity contribution in [2.45, 2.75) is 52.4 Å². The van der Waals surface area contributed by atoms with Gasteiger partial charge in [-0.25, -0.2) is 5.43 Å². The Morgan fingerprint density at radius 3 is 2.40 bits per heavy atom. The molecule has 0 heterocycles. The maximum absolute atomic E-state index is 13.0. The number of hydrogen-bond acceptors (Lipinski definition) is 2. The molecule has 1 aromatic rings. The molecule has 0 spiro atoms. The Morgan fingerprint density at radius 2 is 1.80 bits per heavy atom. The van der Waals surface area contributed by atoms with Crippen LogP contribution in [-0.2, 0) is 4.79 Å². The highest BCUT2D eigenvalue weighted by Crippen LogP contribution is 2.69. The summed E-state index contributed by atoms with van der Waals surface area (Å²) in [6, 6.07) is 5.30. The minimum atomic E-state index is -0.238. The first-order valence-corrected chi connectivity index (χ1v) is 9.75. The van der Waals surface area contributed by atoms with Crippen LogP contribution in [0.5, 0.6) is 0 Å². The van der Waals surface area contributed by atoms with Gasteiger partial charge >= 0.3 is 0 Å². The topological polar surface area (TPSA) is 41.5 Å². The second kappa shape index (κ2) is 5.72. The zero-order chi connectivity index (χ0) is 17.9. The van der Waals surface area contributed by atoms with E-state index in [0.29, 0.717) is 26.8 Å². The van der Waals surface area contributed by atoms with Crippen molar-refractivity contribution in [2.24, 2.45) is 27.3 Å². The fourth-order valence-corrected chi connectivity index (χ4v) is 6.88. The molecular weight excluding hydrogens is 355 g/mol. The zero-order valence-corrected chi connectivity index (χ0v) is 16.3. The lowest BCUT2D eigenvalue weighted by Crippen LogP contribution is -2.59. The van der Waals surface area contributed by atoms with E-state index in [4.69, 9.17) is 23.2 Å². The maximum Gasteiger partial charge on any atom is 0.246 e. The Bertz CT molecular complexity index is 742. The van der Waals surface area contributed by atoms with Gasteiger partial charge in [0, 0.05) is 0 Å². The minimum absolute atomic E-state index is 0.0883. The molecule has 4 bridgehead atoms. The highest BCUT2D eigenvalue weighted by molar-refractivity contribution is 6.42. The van der Waals surface area contributed by atoms with Gasteiger partial charge in [-0.2, -0.15) is 5.10 Å². The number of benzene rings is 1. The van der Waals surface area contributed by atoms with Crippen LogP contribution in [0.4, 0.5) is 0 Å². The highest BCUT2D eigenvalue weighted by Gasteiger charge is 2.62. The first-order chi connectivity index (χ1) is 11.7. The van der Waals surface area contributed by atoms with Gasteiger partial charge in [0.2, 0.25) is 5.91 Å². The number of nitrogens with one attached hydrogen (secondary N) is 1. The third kappa shape index (κ3) is 3.10. The molecule has 4 aliphatic carbocycles.